The summed E-state index contributed by atoms with van der Waals surface area (Å²) in [5, 5.41) is 6.80. The topological polar surface area (TPSA) is 66.9 Å². The van der Waals surface area contributed by atoms with Gasteiger partial charge in [0.25, 0.3) is 5.91 Å². The maximum atomic E-state index is 12.4. The summed E-state index contributed by atoms with van der Waals surface area (Å²) in [6.45, 7) is 2.92. The lowest BCUT2D eigenvalue weighted by atomic mass is 10.1. The fraction of sp³-hybridized carbons (Fsp3) is 0.190. The molecular formula is C21H21ClN4O. The van der Waals surface area contributed by atoms with Crippen LogP contribution in [0.5, 0.6) is 0 Å². The summed E-state index contributed by atoms with van der Waals surface area (Å²) in [5.41, 5.74) is 2.56. The minimum Gasteiger partial charge on any atom is -0.370 e. The second-order valence-corrected chi connectivity index (χ2v) is 6.59. The van der Waals surface area contributed by atoms with Crippen LogP contribution in [0.2, 0.25) is 5.02 Å². The van der Waals surface area contributed by atoms with E-state index in [9.17, 15) is 4.79 Å². The van der Waals surface area contributed by atoms with Gasteiger partial charge in [0, 0.05) is 24.2 Å². The molecule has 6 heteroatoms. The number of hydrogen-bond donors (Lipinski definition) is 2. The number of carbonyl (C=O) groups excluding carboxylic acids is 1. The number of aryl methyl sites for hydroxylation is 1. The molecule has 1 heterocycles. The lowest BCUT2D eigenvalue weighted by Gasteiger charge is -2.09. The molecule has 138 valence electrons. The Balaban J connectivity index is 1.58. The molecule has 1 aromatic heterocycles. The predicted octanol–water partition coefficient (Wildman–Crippen LogP) is 4.02. The first kappa shape index (κ1) is 18.9. The van der Waals surface area contributed by atoms with Gasteiger partial charge in [-0.25, -0.2) is 9.97 Å². The van der Waals surface area contributed by atoms with E-state index in [2.05, 4.69) is 32.7 Å². The first-order chi connectivity index (χ1) is 13.1. The average molecular weight is 381 g/mol. The van der Waals surface area contributed by atoms with Crippen LogP contribution in [-0.4, -0.2) is 22.4 Å². The van der Waals surface area contributed by atoms with E-state index in [1.54, 1.807) is 25.1 Å². The summed E-state index contributed by atoms with van der Waals surface area (Å²) in [6, 6.07) is 19.2. The Hall–Kier alpha value is -2.92. The smallest absolute Gasteiger partial charge is 0.270 e. The third-order valence-corrected chi connectivity index (χ3v) is 4.25. The van der Waals surface area contributed by atoms with Crippen molar-refractivity contribution in [1.82, 2.24) is 15.3 Å². The van der Waals surface area contributed by atoms with Gasteiger partial charge in [0.2, 0.25) is 0 Å². The molecule has 2 N–H and O–H groups in total. The van der Waals surface area contributed by atoms with Crippen molar-refractivity contribution in [2.75, 3.05) is 11.9 Å². The highest BCUT2D eigenvalue weighted by atomic mass is 35.5. The molecule has 3 rings (SSSR count). The number of carbonyl (C=O) groups is 1. The van der Waals surface area contributed by atoms with Gasteiger partial charge < -0.3 is 10.6 Å². The Morgan fingerprint density at radius 1 is 1.00 bits per heavy atom. The van der Waals surface area contributed by atoms with E-state index in [0.29, 0.717) is 28.9 Å². The van der Waals surface area contributed by atoms with Crippen LogP contribution in [0.15, 0.2) is 60.7 Å². The molecule has 0 atom stereocenters. The summed E-state index contributed by atoms with van der Waals surface area (Å²) >= 11 is 5.87. The maximum absolute atomic E-state index is 12.4. The van der Waals surface area contributed by atoms with Crippen molar-refractivity contribution in [2.45, 2.75) is 19.9 Å². The second kappa shape index (κ2) is 9.14. The van der Waals surface area contributed by atoms with Gasteiger partial charge in [-0.3, -0.25) is 4.79 Å². The summed E-state index contributed by atoms with van der Waals surface area (Å²) in [5.74, 6) is 0.966. The summed E-state index contributed by atoms with van der Waals surface area (Å²) in [4.78, 5) is 21.0. The molecule has 2 aromatic carbocycles. The minimum absolute atomic E-state index is 0.235. The van der Waals surface area contributed by atoms with Gasteiger partial charge >= 0.3 is 0 Å². The van der Waals surface area contributed by atoms with Crippen LogP contribution in [-0.2, 0) is 13.0 Å². The lowest BCUT2D eigenvalue weighted by molar-refractivity contribution is 0.0945. The van der Waals surface area contributed by atoms with E-state index < -0.39 is 0 Å². The highest BCUT2D eigenvalue weighted by molar-refractivity contribution is 6.30. The van der Waals surface area contributed by atoms with E-state index in [-0.39, 0.29) is 5.91 Å². The number of rotatable bonds is 7. The minimum atomic E-state index is -0.235. The maximum Gasteiger partial charge on any atom is 0.270 e. The summed E-state index contributed by atoms with van der Waals surface area (Å²) in [7, 11) is 0. The molecule has 0 fully saturated rings. The molecule has 0 aliphatic carbocycles. The van der Waals surface area contributed by atoms with Gasteiger partial charge in [0.1, 0.15) is 17.3 Å². The molecule has 0 spiro atoms. The van der Waals surface area contributed by atoms with Gasteiger partial charge in [-0.2, -0.15) is 0 Å². The molecule has 5 nitrogen and oxygen atoms in total. The van der Waals surface area contributed by atoms with Gasteiger partial charge in [-0.05, 0) is 36.6 Å². The Labute approximate surface area is 163 Å². The number of anilines is 1. The van der Waals surface area contributed by atoms with E-state index in [1.807, 2.05) is 30.3 Å². The first-order valence-corrected chi connectivity index (χ1v) is 9.14. The fourth-order valence-electron chi connectivity index (χ4n) is 2.63. The number of aromatic nitrogens is 2. The van der Waals surface area contributed by atoms with E-state index in [1.165, 1.54) is 5.56 Å². The van der Waals surface area contributed by atoms with Gasteiger partial charge in [-0.1, -0.05) is 54.1 Å². The van der Waals surface area contributed by atoms with Crippen molar-refractivity contribution in [1.29, 1.82) is 0 Å². The SMILES string of the molecule is Cc1nc(NCCc2ccccc2)cc(C(=O)NCc2ccc(Cl)cc2)n1. The van der Waals surface area contributed by atoms with Gasteiger partial charge in [-0.15, -0.1) is 0 Å². The Bertz CT molecular complexity index is 898. The molecule has 1 amide bonds. The number of nitrogens with one attached hydrogen (secondary N) is 2. The molecular weight excluding hydrogens is 360 g/mol. The normalized spacial score (nSPS) is 10.4. The molecule has 0 saturated heterocycles. The molecule has 0 bridgehead atoms. The van der Waals surface area contributed by atoms with E-state index in [4.69, 9.17) is 11.6 Å². The highest BCUT2D eigenvalue weighted by Gasteiger charge is 2.10. The Morgan fingerprint density at radius 3 is 2.48 bits per heavy atom. The largest absolute Gasteiger partial charge is 0.370 e. The number of amides is 1. The standard InChI is InChI=1S/C21H21ClN4O/c1-15-25-19(21(27)24-14-17-7-9-18(22)10-8-17)13-20(26-15)23-12-11-16-5-3-2-4-6-16/h2-10,13H,11-12,14H2,1H3,(H,24,27)(H,23,25,26). The Morgan fingerprint density at radius 2 is 1.74 bits per heavy atom. The van der Waals surface area contributed by atoms with Crippen LogP contribution < -0.4 is 10.6 Å². The molecule has 0 unspecified atom stereocenters. The molecule has 0 radical (unpaired) electrons. The zero-order valence-corrected chi connectivity index (χ0v) is 15.8. The van der Waals surface area contributed by atoms with Crippen molar-refractivity contribution in [3.8, 4) is 0 Å². The van der Waals surface area contributed by atoms with E-state index in [0.717, 1.165) is 18.5 Å². The number of halogens is 1. The number of benzene rings is 2. The fourth-order valence-corrected chi connectivity index (χ4v) is 2.76. The number of hydrogen-bond acceptors (Lipinski definition) is 4. The zero-order valence-electron chi connectivity index (χ0n) is 15.1. The van der Waals surface area contributed by atoms with Gasteiger partial charge in [0.15, 0.2) is 0 Å². The van der Waals surface area contributed by atoms with Crippen molar-refractivity contribution in [3.63, 3.8) is 0 Å². The highest BCUT2D eigenvalue weighted by Crippen LogP contribution is 2.11. The zero-order chi connectivity index (χ0) is 19.1. The summed E-state index contributed by atoms with van der Waals surface area (Å²) in [6.07, 6.45) is 0.877. The molecule has 0 saturated carbocycles. The second-order valence-electron chi connectivity index (χ2n) is 6.16. The first-order valence-electron chi connectivity index (χ1n) is 8.76. The molecule has 0 aliphatic rings. The van der Waals surface area contributed by atoms with E-state index >= 15 is 0 Å². The van der Waals surface area contributed by atoms with Gasteiger partial charge in [0.05, 0.1) is 0 Å². The monoisotopic (exact) mass is 380 g/mol. The Kier molecular flexibility index (Phi) is 6.39. The quantitative estimate of drug-likeness (QED) is 0.649. The summed E-state index contributed by atoms with van der Waals surface area (Å²) < 4.78 is 0. The van der Waals surface area contributed by atoms with Crippen molar-refractivity contribution in [2.24, 2.45) is 0 Å². The van der Waals surface area contributed by atoms with Crippen molar-refractivity contribution < 1.29 is 4.79 Å². The van der Waals surface area contributed by atoms with Crippen molar-refractivity contribution >= 4 is 23.3 Å². The molecule has 0 aliphatic heterocycles. The van der Waals surface area contributed by atoms with Crippen LogP contribution in [0, 0.1) is 6.92 Å². The molecule has 3 aromatic rings. The van der Waals surface area contributed by atoms with Crippen LogP contribution in [0.1, 0.15) is 27.4 Å². The van der Waals surface area contributed by atoms with Crippen molar-refractivity contribution in [3.05, 3.63) is 88.3 Å². The number of nitrogens with zero attached hydrogens (tertiary/aromatic N) is 2. The third-order valence-electron chi connectivity index (χ3n) is 4.00. The third kappa shape index (κ3) is 5.79. The van der Waals surface area contributed by atoms with Crippen LogP contribution >= 0.6 is 11.6 Å². The van der Waals surface area contributed by atoms with Crippen LogP contribution in [0.3, 0.4) is 0 Å². The predicted molar refractivity (Wildman–Crippen MR) is 108 cm³/mol. The lowest BCUT2D eigenvalue weighted by Crippen LogP contribution is -2.24. The average Bonchev–Trinajstić information content (AvgIpc) is 2.68. The van der Waals surface area contributed by atoms with Crippen LogP contribution in [0.4, 0.5) is 5.82 Å². The molecule has 27 heavy (non-hydrogen) atoms. The van der Waals surface area contributed by atoms with Crippen LogP contribution in [0.25, 0.3) is 0 Å².